The molecular formula is C16H15ClN4. The minimum atomic E-state index is 0.376. The largest absolute Gasteiger partial charge is 0.292 e. The van der Waals surface area contributed by atoms with E-state index in [9.17, 15) is 0 Å². The van der Waals surface area contributed by atoms with Crippen molar-refractivity contribution in [2.24, 2.45) is 0 Å². The highest BCUT2D eigenvalue weighted by Crippen LogP contribution is 2.22. The van der Waals surface area contributed by atoms with Crippen LogP contribution in [0.15, 0.2) is 48.7 Å². The van der Waals surface area contributed by atoms with E-state index in [4.69, 9.17) is 11.6 Å². The summed E-state index contributed by atoms with van der Waals surface area (Å²) in [6, 6.07) is 13.9. The number of benzene rings is 1. The molecule has 4 nitrogen and oxygen atoms in total. The number of rotatable bonds is 4. The van der Waals surface area contributed by atoms with Crippen LogP contribution in [0.4, 0.5) is 0 Å². The first-order chi connectivity index (χ1) is 10.3. The van der Waals surface area contributed by atoms with E-state index in [2.05, 4.69) is 28.2 Å². The van der Waals surface area contributed by atoms with E-state index >= 15 is 0 Å². The van der Waals surface area contributed by atoms with Gasteiger partial charge < -0.3 is 0 Å². The molecule has 0 aliphatic rings. The summed E-state index contributed by atoms with van der Waals surface area (Å²) in [5, 5.41) is 8.56. The fourth-order valence-electron chi connectivity index (χ4n) is 2.31. The first-order valence-corrected chi connectivity index (χ1v) is 7.24. The molecule has 0 N–H and O–H groups in total. The molecule has 21 heavy (non-hydrogen) atoms. The molecule has 0 aliphatic carbocycles. The molecule has 0 bridgehead atoms. The van der Waals surface area contributed by atoms with Gasteiger partial charge in [0.15, 0.2) is 5.82 Å². The van der Waals surface area contributed by atoms with Crippen LogP contribution < -0.4 is 0 Å². The molecule has 5 heteroatoms. The van der Waals surface area contributed by atoms with Gasteiger partial charge in [-0.25, -0.2) is 0 Å². The third kappa shape index (κ3) is 2.81. The molecule has 0 saturated carbocycles. The fourth-order valence-corrected chi connectivity index (χ4v) is 2.49. The van der Waals surface area contributed by atoms with Crippen LogP contribution >= 0.6 is 11.6 Å². The third-order valence-corrected chi connectivity index (χ3v) is 3.69. The molecule has 106 valence electrons. The van der Waals surface area contributed by atoms with Crippen LogP contribution in [0.25, 0.3) is 11.4 Å². The molecule has 0 atom stereocenters. The lowest BCUT2D eigenvalue weighted by Gasteiger charge is -2.10. The van der Waals surface area contributed by atoms with Crippen LogP contribution in [0.3, 0.4) is 0 Å². The Morgan fingerprint density at radius 1 is 1.05 bits per heavy atom. The highest BCUT2D eigenvalue weighted by molar-refractivity contribution is 6.28. The number of aryl methyl sites for hydroxylation is 1. The molecule has 0 saturated heterocycles. The van der Waals surface area contributed by atoms with Gasteiger partial charge in [0.1, 0.15) is 0 Å². The number of hydrogen-bond acceptors (Lipinski definition) is 3. The average molecular weight is 299 g/mol. The maximum absolute atomic E-state index is 6.20. The Morgan fingerprint density at radius 3 is 2.62 bits per heavy atom. The van der Waals surface area contributed by atoms with Gasteiger partial charge in [0, 0.05) is 11.8 Å². The van der Waals surface area contributed by atoms with Crippen molar-refractivity contribution in [1.82, 2.24) is 19.7 Å². The van der Waals surface area contributed by atoms with Gasteiger partial charge in [-0.05, 0) is 29.7 Å². The molecule has 0 fully saturated rings. The smallest absolute Gasteiger partial charge is 0.225 e. The van der Waals surface area contributed by atoms with Gasteiger partial charge in [-0.1, -0.05) is 43.3 Å². The van der Waals surface area contributed by atoms with E-state index in [1.807, 2.05) is 41.0 Å². The zero-order chi connectivity index (χ0) is 14.7. The summed E-state index contributed by atoms with van der Waals surface area (Å²) >= 11 is 6.20. The Kier molecular flexibility index (Phi) is 3.97. The Labute approximate surface area is 128 Å². The van der Waals surface area contributed by atoms with Crippen molar-refractivity contribution in [1.29, 1.82) is 0 Å². The normalized spacial score (nSPS) is 10.8. The molecule has 2 aromatic heterocycles. The van der Waals surface area contributed by atoms with E-state index in [1.54, 1.807) is 6.20 Å². The second kappa shape index (κ2) is 6.06. The van der Waals surface area contributed by atoms with E-state index in [0.29, 0.717) is 11.8 Å². The lowest BCUT2D eigenvalue weighted by molar-refractivity contribution is 0.766. The van der Waals surface area contributed by atoms with Gasteiger partial charge >= 0.3 is 0 Å². The maximum atomic E-state index is 6.20. The van der Waals surface area contributed by atoms with Crippen LogP contribution in [0.5, 0.6) is 0 Å². The van der Waals surface area contributed by atoms with Crippen LogP contribution in [0, 0.1) is 0 Å². The number of nitrogens with zero attached hydrogens (tertiary/aromatic N) is 4. The Balaban J connectivity index is 2.02. The number of aromatic nitrogens is 4. The van der Waals surface area contributed by atoms with Gasteiger partial charge in [-0.3, -0.25) is 9.55 Å². The lowest BCUT2D eigenvalue weighted by Crippen LogP contribution is -2.07. The van der Waals surface area contributed by atoms with Crippen molar-refractivity contribution in [2.45, 2.75) is 19.9 Å². The SMILES string of the molecule is CCc1cccnc1Cn1c(Cl)nnc1-c1ccccc1. The molecule has 0 spiro atoms. The van der Waals surface area contributed by atoms with E-state index < -0.39 is 0 Å². The maximum Gasteiger partial charge on any atom is 0.225 e. The Morgan fingerprint density at radius 2 is 1.86 bits per heavy atom. The standard InChI is InChI=1S/C16H15ClN4/c1-2-12-9-6-10-18-14(12)11-21-15(19-20-16(21)17)13-7-4-3-5-8-13/h3-10H,2,11H2,1H3. The molecule has 3 aromatic rings. The summed E-state index contributed by atoms with van der Waals surface area (Å²) in [4.78, 5) is 4.47. The Bertz CT molecular complexity index is 737. The zero-order valence-electron chi connectivity index (χ0n) is 11.7. The summed E-state index contributed by atoms with van der Waals surface area (Å²) < 4.78 is 1.89. The van der Waals surface area contributed by atoms with Gasteiger partial charge in [0.2, 0.25) is 5.28 Å². The predicted octanol–water partition coefficient (Wildman–Crippen LogP) is 3.60. The minimum Gasteiger partial charge on any atom is -0.292 e. The number of halogens is 1. The van der Waals surface area contributed by atoms with Gasteiger partial charge in [-0.2, -0.15) is 0 Å². The predicted molar refractivity (Wildman–Crippen MR) is 83.2 cm³/mol. The Hall–Kier alpha value is -2.20. The third-order valence-electron chi connectivity index (χ3n) is 3.41. The molecule has 0 aliphatic heterocycles. The summed E-state index contributed by atoms with van der Waals surface area (Å²) in [5.41, 5.74) is 3.20. The summed E-state index contributed by atoms with van der Waals surface area (Å²) in [7, 11) is 0. The lowest BCUT2D eigenvalue weighted by atomic mass is 10.1. The van der Waals surface area contributed by atoms with Crippen molar-refractivity contribution < 1.29 is 0 Å². The quantitative estimate of drug-likeness (QED) is 0.739. The second-order valence-electron chi connectivity index (χ2n) is 4.71. The zero-order valence-corrected chi connectivity index (χ0v) is 12.5. The van der Waals surface area contributed by atoms with Gasteiger partial charge in [-0.15, -0.1) is 10.2 Å². The van der Waals surface area contributed by atoms with E-state index in [1.165, 1.54) is 5.56 Å². The molecule has 0 amide bonds. The van der Waals surface area contributed by atoms with Crippen LogP contribution in [-0.2, 0) is 13.0 Å². The van der Waals surface area contributed by atoms with E-state index in [0.717, 1.165) is 23.5 Å². The number of pyridine rings is 1. The number of hydrogen-bond donors (Lipinski definition) is 0. The van der Waals surface area contributed by atoms with Crippen LogP contribution in [0.1, 0.15) is 18.2 Å². The average Bonchev–Trinajstić information content (AvgIpc) is 2.90. The summed E-state index contributed by atoms with van der Waals surface area (Å²) in [6.07, 6.45) is 2.73. The minimum absolute atomic E-state index is 0.376. The molecule has 0 radical (unpaired) electrons. The van der Waals surface area contributed by atoms with E-state index in [-0.39, 0.29) is 0 Å². The van der Waals surface area contributed by atoms with Gasteiger partial charge in [0.05, 0.1) is 12.2 Å². The van der Waals surface area contributed by atoms with Crippen molar-refractivity contribution >= 4 is 11.6 Å². The first kappa shape index (κ1) is 13.8. The highest BCUT2D eigenvalue weighted by Gasteiger charge is 2.14. The molecule has 2 heterocycles. The van der Waals surface area contributed by atoms with Crippen molar-refractivity contribution in [2.75, 3.05) is 0 Å². The van der Waals surface area contributed by atoms with Crippen LogP contribution in [-0.4, -0.2) is 19.7 Å². The second-order valence-corrected chi connectivity index (χ2v) is 5.05. The van der Waals surface area contributed by atoms with Crippen molar-refractivity contribution in [3.8, 4) is 11.4 Å². The molecule has 3 rings (SSSR count). The molecule has 1 aromatic carbocycles. The first-order valence-electron chi connectivity index (χ1n) is 6.86. The fraction of sp³-hybridized carbons (Fsp3) is 0.188. The van der Waals surface area contributed by atoms with Crippen LogP contribution in [0.2, 0.25) is 5.28 Å². The molecule has 0 unspecified atom stereocenters. The monoisotopic (exact) mass is 298 g/mol. The highest BCUT2D eigenvalue weighted by atomic mass is 35.5. The topological polar surface area (TPSA) is 43.6 Å². The van der Waals surface area contributed by atoms with Gasteiger partial charge in [0.25, 0.3) is 0 Å². The van der Waals surface area contributed by atoms with Crippen molar-refractivity contribution in [3.05, 3.63) is 65.2 Å². The molecular weight excluding hydrogens is 284 g/mol. The summed E-state index contributed by atoms with van der Waals surface area (Å²) in [5.74, 6) is 0.758. The summed E-state index contributed by atoms with van der Waals surface area (Å²) in [6.45, 7) is 2.69. The van der Waals surface area contributed by atoms with Crippen molar-refractivity contribution in [3.63, 3.8) is 0 Å².